The topological polar surface area (TPSA) is 55.2 Å². The van der Waals surface area contributed by atoms with E-state index in [0.29, 0.717) is 37.4 Å². The van der Waals surface area contributed by atoms with Gasteiger partial charge in [-0.05, 0) is 24.1 Å². The van der Waals surface area contributed by atoms with E-state index in [1.54, 1.807) is 13.0 Å². The van der Waals surface area contributed by atoms with Crippen molar-refractivity contribution in [3.63, 3.8) is 0 Å². The number of hydrogen-bond donors (Lipinski definition) is 1. The molecule has 2 aliphatic heterocycles. The minimum Gasteiger partial charge on any atom is -0.463 e. The Bertz CT molecular complexity index is 557. The molecule has 19 heavy (non-hydrogen) atoms. The number of hydrogen-bond acceptors (Lipinski definition) is 5. The molecule has 1 aromatic rings. The predicted molar refractivity (Wildman–Crippen MR) is 68.7 cm³/mol. The highest BCUT2D eigenvalue weighted by Gasteiger charge is 2.24. The fourth-order valence-electron chi connectivity index (χ4n) is 2.09. The second-order valence-electron chi connectivity index (χ2n) is 4.38. The van der Waals surface area contributed by atoms with Gasteiger partial charge in [0, 0.05) is 0 Å². The van der Waals surface area contributed by atoms with E-state index in [-0.39, 0.29) is 11.9 Å². The van der Waals surface area contributed by atoms with Crippen molar-refractivity contribution in [2.45, 2.75) is 13.0 Å². The van der Waals surface area contributed by atoms with Gasteiger partial charge in [0.1, 0.15) is 25.1 Å². The van der Waals surface area contributed by atoms with E-state index >= 15 is 0 Å². The molecule has 2 heterocycles. The van der Waals surface area contributed by atoms with Crippen molar-refractivity contribution >= 4 is 12.0 Å². The molecule has 5 nitrogen and oxygen atoms in total. The monoisotopic (exact) mass is 263 g/mol. The molecule has 0 amide bonds. The van der Waals surface area contributed by atoms with Crippen LogP contribution in [0.3, 0.4) is 0 Å². The van der Waals surface area contributed by atoms with Gasteiger partial charge in [0.05, 0.1) is 6.54 Å². The number of halogens is 1. The summed E-state index contributed by atoms with van der Waals surface area (Å²) in [5.41, 5.74) is 1.45. The summed E-state index contributed by atoms with van der Waals surface area (Å²) in [6.07, 6.45) is 0. The number of nitrogens with one attached hydrogen (secondary N) is 1. The molecule has 0 fully saturated rings. The minimum atomic E-state index is -0.224. The average Bonchev–Trinajstić information content (AvgIpc) is 3.05. The van der Waals surface area contributed by atoms with Crippen LogP contribution in [0.1, 0.15) is 17.2 Å². The maximum Gasteiger partial charge on any atom is 0.293 e. The van der Waals surface area contributed by atoms with E-state index in [4.69, 9.17) is 9.47 Å². The van der Waals surface area contributed by atoms with Gasteiger partial charge in [-0.2, -0.15) is 0 Å². The standard InChI is InChI=1S/C13H14FN3O2/c1-8-9(3-2-4-10(8)14)11-7-19-13(16-11)17-12-15-5-6-18-12/h2-4,11H,5-7H2,1H3,(H,15,16,17)/t11-/m1/s1. The first kappa shape index (κ1) is 12.0. The zero-order valence-corrected chi connectivity index (χ0v) is 10.5. The Balaban J connectivity index is 1.76. The number of nitrogens with zero attached hydrogens (tertiary/aromatic N) is 2. The van der Waals surface area contributed by atoms with Gasteiger partial charge < -0.3 is 9.47 Å². The fraction of sp³-hybridized carbons (Fsp3) is 0.385. The maximum atomic E-state index is 13.5. The normalized spacial score (nSPS) is 21.5. The molecule has 0 saturated carbocycles. The molecule has 1 aromatic carbocycles. The summed E-state index contributed by atoms with van der Waals surface area (Å²) in [6, 6.07) is 5.59. The molecule has 1 atom stereocenters. The number of aliphatic imine (C=N–C) groups is 2. The zero-order valence-electron chi connectivity index (χ0n) is 10.5. The highest BCUT2D eigenvalue weighted by Crippen LogP contribution is 2.26. The highest BCUT2D eigenvalue weighted by atomic mass is 19.1. The second-order valence-corrected chi connectivity index (χ2v) is 4.38. The van der Waals surface area contributed by atoms with Gasteiger partial charge in [0.25, 0.3) is 12.0 Å². The molecule has 0 radical (unpaired) electrons. The maximum absolute atomic E-state index is 13.5. The Hall–Kier alpha value is -2.11. The lowest BCUT2D eigenvalue weighted by Gasteiger charge is -2.09. The zero-order chi connectivity index (χ0) is 13.2. The Morgan fingerprint density at radius 2 is 2.21 bits per heavy atom. The summed E-state index contributed by atoms with van der Waals surface area (Å²) in [5.74, 6) is -0.224. The van der Waals surface area contributed by atoms with Crippen LogP contribution in [0.2, 0.25) is 0 Å². The van der Waals surface area contributed by atoms with Crippen LogP contribution in [0.15, 0.2) is 28.2 Å². The molecule has 0 spiro atoms. The number of rotatable bonds is 1. The second kappa shape index (κ2) is 4.87. The van der Waals surface area contributed by atoms with Crippen LogP contribution in [-0.2, 0) is 9.47 Å². The summed E-state index contributed by atoms with van der Waals surface area (Å²) in [4.78, 5) is 8.47. The minimum absolute atomic E-state index is 0.194. The van der Waals surface area contributed by atoms with Crippen molar-refractivity contribution in [3.8, 4) is 0 Å². The predicted octanol–water partition coefficient (Wildman–Crippen LogP) is 1.54. The average molecular weight is 263 g/mol. The first-order valence-corrected chi connectivity index (χ1v) is 6.14. The van der Waals surface area contributed by atoms with Crippen LogP contribution >= 0.6 is 0 Å². The van der Waals surface area contributed by atoms with Crippen molar-refractivity contribution in [2.24, 2.45) is 9.98 Å². The van der Waals surface area contributed by atoms with Crippen LogP contribution in [0.5, 0.6) is 0 Å². The largest absolute Gasteiger partial charge is 0.463 e. The third kappa shape index (κ3) is 2.38. The number of ether oxygens (including phenoxy) is 2. The van der Waals surface area contributed by atoms with Crippen LogP contribution < -0.4 is 5.32 Å². The summed E-state index contributed by atoms with van der Waals surface area (Å²) >= 11 is 0. The van der Waals surface area contributed by atoms with E-state index in [1.165, 1.54) is 6.07 Å². The van der Waals surface area contributed by atoms with Gasteiger partial charge in [-0.15, -0.1) is 0 Å². The number of benzene rings is 1. The highest BCUT2D eigenvalue weighted by molar-refractivity contribution is 5.94. The molecule has 100 valence electrons. The summed E-state index contributed by atoms with van der Waals surface area (Å²) < 4.78 is 24.2. The Kier molecular flexibility index (Phi) is 3.06. The van der Waals surface area contributed by atoms with E-state index < -0.39 is 0 Å². The first-order valence-electron chi connectivity index (χ1n) is 6.14. The molecule has 1 N–H and O–H groups in total. The van der Waals surface area contributed by atoms with E-state index in [9.17, 15) is 4.39 Å². The van der Waals surface area contributed by atoms with Crippen LogP contribution in [0.4, 0.5) is 4.39 Å². The van der Waals surface area contributed by atoms with Gasteiger partial charge in [-0.25, -0.2) is 14.4 Å². The fourth-order valence-corrected chi connectivity index (χ4v) is 2.09. The van der Waals surface area contributed by atoms with Crippen molar-refractivity contribution in [1.29, 1.82) is 0 Å². The third-order valence-electron chi connectivity index (χ3n) is 3.12. The van der Waals surface area contributed by atoms with E-state index in [2.05, 4.69) is 15.3 Å². The quantitative estimate of drug-likeness (QED) is 0.836. The van der Waals surface area contributed by atoms with Gasteiger partial charge >= 0.3 is 0 Å². The molecule has 0 unspecified atom stereocenters. The van der Waals surface area contributed by atoms with Gasteiger partial charge in [0.15, 0.2) is 0 Å². The van der Waals surface area contributed by atoms with Crippen LogP contribution in [0, 0.1) is 12.7 Å². The Morgan fingerprint density at radius 3 is 3.00 bits per heavy atom. The molecular weight excluding hydrogens is 249 g/mol. The molecule has 3 rings (SSSR count). The lowest BCUT2D eigenvalue weighted by molar-refractivity contribution is 0.300. The van der Waals surface area contributed by atoms with Crippen molar-refractivity contribution in [3.05, 3.63) is 35.1 Å². The van der Waals surface area contributed by atoms with Gasteiger partial charge in [-0.3, -0.25) is 5.32 Å². The van der Waals surface area contributed by atoms with E-state index in [0.717, 1.165) is 5.56 Å². The Morgan fingerprint density at radius 1 is 1.32 bits per heavy atom. The molecule has 2 aliphatic rings. The van der Waals surface area contributed by atoms with Gasteiger partial charge in [0.2, 0.25) is 0 Å². The summed E-state index contributed by atoms with van der Waals surface area (Å²) in [5, 5.41) is 2.87. The molecule has 0 aromatic heterocycles. The Labute approximate surface area is 110 Å². The van der Waals surface area contributed by atoms with Crippen LogP contribution in [0.25, 0.3) is 0 Å². The number of amidine groups is 2. The van der Waals surface area contributed by atoms with Gasteiger partial charge in [-0.1, -0.05) is 12.1 Å². The molecule has 6 heteroatoms. The van der Waals surface area contributed by atoms with E-state index in [1.807, 2.05) is 6.07 Å². The SMILES string of the molecule is Cc1c(F)cccc1[C@H]1COC(NC2=NCCO2)=N1. The molecule has 0 aliphatic carbocycles. The lowest BCUT2D eigenvalue weighted by atomic mass is 10.0. The van der Waals surface area contributed by atoms with Crippen molar-refractivity contribution < 1.29 is 13.9 Å². The molecule has 0 bridgehead atoms. The smallest absolute Gasteiger partial charge is 0.293 e. The summed E-state index contributed by atoms with van der Waals surface area (Å²) in [7, 11) is 0. The van der Waals surface area contributed by atoms with Crippen LogP contribution in [-0.4, -0.2) is 31.8 Å². The summed E-state index contributed by atoms with van der Waals surface area (Å²) in [6.45, 7) is 3.35. The third-order valence-corrected chi connectivity index (χ3v) is 3.12. The first-order chi connectivity index (χ1) is 9.24. The van der Waals surface area contributed by atoms with Crippen molar-refractivity contribution in [1.82, 2.24) is 5.32 Å². The lowest BCUT2D eigenvalue weighted by Crippen LogP contribution is -2.30. The van der Waals surface area contributed by atoms with Crippen molar-refractivity contribution in [2.75, 3.05) is 19.8 Å². The molecule has 0 saturated heterocycles. The molecular formula is C13H14FN3O2.